The average Bonchev–Trinajstić information content (AvgIpc) is 2.41. The number of thioether (sulfide) groups is 1. The summed E-state index contributed by atoms with van der Waals surface area (Å²) < 4.78 is 0. The van der Waals surface area contributed by atoms with Crippen LogP contribution >= 0.6 is 11.8 Å². The zero-order valence-corrected chi connectivity index (χ0v) is 15.2. The van der Waals surface area contributed by atoms with Gasteiger partial charge < -0.3 is 10.2 Å². The van der Waals surface area contributed by atoms with E-state index in [9.17, 15) is 9.59 Å². The van der Waals surface area contributed by atoms with Gasteiger partial charge >= 0.3 is 0 Å². The first-order chi connectivity index (χ1) is 10.7. The number of carbonyl (C=O) groups excluding carboxylic acids is 2. The normalized spacial score (nSPS) is 18.1. The molecule has 0 bridgehead atoms. The number of anilines is 1. The molecule has 0 fully saturated rings. The van der Waals surface area contributed by atoms with Crippen LogP contribution in [0.5, 0.6) is 0 Å². The first-order valence-corrected chi connectivity index (χ1v) is 8.79. The number of hydrogen-bond donors (Lipinski definition) is 1. The molecular formula is C17H25N3O2S. The lowest BCUT2D eigenvalue weighted by atomic mass is 10.1. The zero-order chi connectivity index (χ0) is 17.2. The molecule has 1 aliphatic heterocycles. The molecule has 1 aromatic rings. The van der Waals surface area contributed by atoms with Crippen molar-refractivity contribution in [1.82, 2.24) is 10.3 Å². The molecule has 2 amide bonds. The van der Waals surface area contributed by atoms with Gasteiger partial charge in [0, 0.05) is 24.7 Å². The molecule has 2 heterocycles. The highest BCUT2D eigenvalue weighted by Crippen LogP contribution is 2.39. The molecule has 23 heavy (non-hydrogen) atoms. The van der Waals surface area contributed by atoms with Crippen LogP contribution in [0.3, 0.4) is 0 Å². The van der Waals surface area contributed by atoms with Crippen LogP contribution in [0.25, 0.3) is 0 Å². The lowest BCUT2D eigenvalue weighted by molar-refractivity contribution is -0.125. The van der Waals surface area contributed by atoms with E-state index in [2.05, 4.69) is 24.1 Å². The number of pyridine rings is 1. The third-order valence-corrected chi connectivity index (χ3v) is 4.46. The molecule has 0 aromatic carbocycles. The quantitative estimate of drug-likeness (QED) is 0.919. The number of rotatable bonds is 4. The number of aromatic nitrogens is 1. The smallest absolute Gasteiger partial charge is 0.241 e. The lowest BCUT2D eigenvalue weighted by Crippen LogP contribution is -2.47. The molecular weight excluding hydrogens is 310 g/mol. The Kier molecular flexibility index (Phi) is 5.34. The van der Waals surface area contributed by atoms with Gasteiger partial charge in [0.2, 0.25) is 11.8 Å². The lowest BCUT2D eigenvalue weighted by Gasteiger charge is -2.34. The molecule has 6 heteroatoms. The number of carbonyl (C=O) groups is 2. The Morgan fingerprint density at radius 1 is 1.43 bits per heavy atom. The molecule has 0 saturated carbocycles. The maximum atomic E-state index is 12.8. The maximum Gasteiger partial charge on any atom is 0.241 e. The Bertz CT molecular complexity index is 596. The van der Waals surface area contributed by atoms with Gasteiger partial charge in [0.05, 0.1) is 10.9 Å². The van der Waals surface area contributed by atoms with Crippen LogP contribution in [0.1, 0.15) is 41.0 Å². The highest BCUT2D eigenvalue weighted by Gasteiger charge is 2.36. The van der Waals surface area contributed by atoms with Gasteiger partial charge in [-0.2, -0.15) is 0 Å². The summed E-state index contributed by atoms with van der Waals surface area (Å²) in [7, 11) is 0. The van der Waals surface area contributed by atoms with E-state index < -0.39 is 5.25 Å². The van der Waals surface area contributed by atoms with Crippen molar-refractivity contribution < 1.29 is 9.59 Å². The Hall–Kier alpha value is -1.56. The van der Waals surface area contributed by atoms with Gasteiger partial charge in [-0.1, -0.05) is 25.6 Å². The van der Waals surface area contributed by atoms with Crippen molar-refractivity contribution in [3.8, 4) is 0 Å². The molecule has 0 saturated heterocycles. The van der Waals surface area contributed by atoms with E-state index in [1.165, 1.54) is 11.8 Å². The van der Waals surface area contributed by atoms with Gasteiger partial charge in [-0.3, -0.25) is 9.59 Å². The summed E-state index contributed by atoms with van der Waals surface area (Å²) in [5, 5.41) is 3.33. The first kappa shape index (κ1) is 17.8. The average molecular weight is 335 g/mol. The van der Waals surface area contributed by atoms with Gasteiger partial charge in [-0.15, -0.1) is 0 Å². The fourth-order valence-electron chi connectivity index (χ4n) is 2.48. The molecule has 126 valence electrons. The Labute approximate surface area is 142 Å². The van der Waals surface area contributed by atoms with Crippen molar-refractivity contribution >= 4 is 29.3 Å². The number of fused-ring (bicyclic) bond motifs is 1. The van der Waals surface area contributed by atoms with Crippen LogP contribution in [0.4, 0.5) is 5.69 Å². The third-order valence-electron chi connectivity index (χ3n) is 3.27. The van der Waals surface area contributed by atoms with Crippen molar-refractivity contribution in [2.75, 3.05) is 11.4 Å². The van der Waals surface area contributed by atoms with Crippen molar-refractivity contribution in [3.05, 3.63) is 18.3 Å². The molecule has 0 aliphatic carbocycles. The van der Waals surface area contributed by atoms with Crippen molar-refractivity contribution in [2.45, 2.75) is 56.9 Å². The van der Waals surface area contributed by atoms with Crippen molar-refractivity contribution in [2.24, 2.45) is 5.92 Å². The van der Waals surface area contributed by atoms with Crippen LogP contribution < -0.4 is 10.2 Å². The second kappa shape index (κ2) is 6.91. The van der Waals surface area contributed by atoms with Crippen LogP contribution in [0, 0.1) is 5.92 Å². The molecule has 2 rings (SSSR count). The number of nitrogens with one attached hydrogen (secondary N) is 1. The van der Waals surface area contributed by atoms with Gasteiger partial charge in [0.25, 0.3) is 0 Å². The Balaban J connectivity index is 2.20. The maximum absolute atomic E-state index is 12.8. The standard InChI is InChI=1S/C17H25N3O2S/c1-11(2)10-20-12-7-6-8-18-15(12)23-13(16(20)22)9-14(21)19-17(3,4)5/h6-8,11,13H,9-10H2,1-5H3,(H,19,21)/t13-/m1/s1. The van der Waals surface area contributed by atoms with E-state index in [0.29, 0.717) is 12.5 Å². The number of hydrogen-bond acceptors (Lipinski definition) is 4. The van der Waals surface area contributed by atoms with Crippen LogP contribution in [0.2, 0.25) is 0 Å². The Morgan fingerprint density at radius 2 is 2.13 bits per heavy atom. The SMILES string of the molecule is CC(C)CN1C(=O)[C@@H](CC(=O)NC(C)(C)C)Sc2ncccc21. The number of amides is 2. The minimum Gasteiger partial charge on any atom is -0.351 e. The minimum atomic E-state index is -0.418. The molecule has 1 aliphatic rings. The molecule has 1 aromatic heterocycles. The van der Waals surface area contributed by atoms with Crippen LogP contribution in [-0.2, 0) is 9.59 Å². The van der Waals surface area contributed by atoms with Gasteiger partial charge in [-0.25, -0.2) is 4.98 Å². The van der Waals surface area contributed by atoms with E-state index >= 15 is 0 Å². The van der Waals surface area contributed by atoms with Gasteiger partial charge in [-0.05, 0) is 38.8 Å². The van der Waals surface area contributed by atoms with Crippen molar-refractivity contribution in [1.29, 1.82) is 0 Å². The van der Waals surface area contributed by atoms with Gasteiger partial charge in [0.1, 0.15) is 5.03 Å². The summed E-state index contributed by atoms with van der Waals surface area (Å²) in [5.41, 5.74) is 0.552. The molecule has 1 atom stereocenters. The largest absolute Gasteiger partial charge is 0.351 e. The fraction of sp³-hybridized carbons (Fsp3) is 0.588. The molecule has 0 spiro atoms. The highest BCUT2D eigenvalue weighted by molar-refractivity contribution is 8.00. The monoisotopic (exact) mass is 335 g/mol. The summed E-state index contributed by atoms with van der Waals surface area (Å²) in [5.74, 6) is 0.236. The predicted octanol–water partition coefficient (Wildman–Crippen LogP) is 2.85. The van der Waals surface area contributed by atoms with Gasteiger partial charge in [0.15, 0.2) is 0 Å². The predicted molar refractivity (Wildman–Crippen MR) is 93.6 cm³/mol. The highest BCUT2D eigenvalue weighted by atomic mass is 32.2. The van der Waals surface area contributed by atoms with Crippen molar-refractivity contribution in [3.63, 3.8) is 0 Å². The summed E-state index contributed by atoms with van der Waals surface area (Å²) in [6.45, 7) is 10.6. The fourth-order valence-corrected chi connectivity index (χ4v) is 3.63. The van der Waals surface area contributed by atoms with E-state index in [4.69, 9.17) is 0 Å². The molecule has 5 nitrogen and oxygen atoms in total. The van der Waals surface area contributed by atoms with E-state index in [1.54, 1.807) is 11.1 Å². The van der Waals surface area contributed by atoms with Crippen LogP contribution in [-0.4, -0.2) is 34.1 Å². The first-order valence-electron chi connectivity index (χ1n) is 7.91. The summed E-state index contributed by atoms with van der Waals surface area (Å²) >= 11 is 1.39. The minimum absolute atomic E-state index is 0.00624. The summed E-state index contributed by atoms with van der Waals surface area (Å²) in [6.07, 6.45) is 1.90. The molecule has 0 unspecified atom stereocenters. The second-order valence-electron chi connectivity index (χ2n) is 7.28. The topological polar surface area (TPSA) is 62.3 Å². The second-order valence-corrected chi connectivity index (χ2v) is 8.47. The Morgan fingerprint density at radius 3 is 2.74 bits per heavy atom. The summed E-state index contributed by atoms with van der Waals surface area (Å²) in [4.78, 5) is 31.2. The third kappa shape index (κ3) is 4.70. The zero-order valence-electron chi connectivity index (χ0n) is 14.4. The van der Waals surface area contributed by atoms with Crippen LogP contribution in [0.15, 0.2) is 23.4 Å². The van der Waals surface area contributed by atoms with E-state index in [1.807, 2.05) is 32.9 Å². The molecule has 1 N–H and O–H groups in total. The summed E-state index contributed by atoms with van der Waals surface area (Å²) in [6, 6.07) is 3.76. The molecule has 0 radical (unpaired) electrons. The number of nitrogens with zero attached hydrogens (tertiary/aromatic N) is 2. The van der Waals surface area contributed by atoms with E-state index in [0.717, 1.165) is 10.7 Å². The van der Waals surface area contributed by atoms with E-state index in [-0.39, 0.29) is 23.8 Å².